The fourth-order valence-corrected chi connectivity index (χ4v) is 2.38. The molecule has 4 heteroatoms. The van der Waals surface area contributed by atoms with Crippen LogP contribution in [0.3, 0.4) is 0 Å². The van der Waals surface area contributed by atoms with Crippen LogP contribution in [-0.2, 0) is 9.59 Å². The third kappa shape index (κ3) is 2.96. The minimum atomic E-state index is -1.02. The highest BCUT2D eigenvalue weighted by Crippen LogP contribution is 2.31. The van der Waals surface area contributed by atoms with Gasteiger partial charge in [-0.1, -0.05) is 57.2 Å². The third-order valence-electron chi connectivity index (χ3n) is 3.63. The second kappa shape index (κ2) is 5.79. The molecule has 0 fully saturated rings. The Balaban J connectivity index is 2.67. The van der Waals surface area contributed by atoms with Gasteiger partial charge in [0, 0.05) is 10.8 Å². The van der Waals surface area contributed by atoms with Gasteiger partial charge in [0.15, 0.2) is 0 Å². The number of carboxylic acids is 1. The fraction of sp³-hybridized carbons (Fsp3) is 0.333. The number of nitrogens with zero attached hydrogens (tertiary/aromatic N) is 1. The van der Waals surface area contributed by atoms with Crippen LogP contribution < -0.4 is 4.90 Å². The van der Waals surface area contributed by atoms with Crippen LogP contribution in [0.25, 0.3) is 10.8 Å². The molecule has 0 saturated heterocycles. The van der Waals surface area contributed by atoms with E-state index >= 15 is 0 Å². The molecule has 0 saturated carbocycles. The van der Waals surface area contributed by atoms with Crippen molar-refractivity contribution in [1.29, 1.82) is 0 Å². The lowest BCUT2D eigenvalue weighted by atomic mass is 9.93. The first kappa shape index (κ1) is 16.0. The molecule has 1 N–H and O–H groups in total. The first-order chi connectivity index (χ1) is 10.2. The monoisotopic (exact) mass is 299 g/mol. The summed E-state index contributed by atoms with van der Waals surface area (Å²) in [5.74, 6) is -1.23. The van der Waals surface area contributed by atoms with Crippen LogP contribution in [0.5, 0.6) is 0 Å². The number of carbonyl (C=O) groups is 2. The number of aliphatic carboxylic acids is 1. The zero-order valence-corrected chi connectivity index (χ0v) is 13.3. The van der Waals surface area contributed by atoms with Gasteiger partial charge in [0.25, 0.3) is 0 Å². The largest absolute Gasteiger partial charge is 0.480 e. The number of carboxylic acid groups (broad SMARTS) is 1. The highest BCUT2D eigenvalue weighted by atomic mass is 16.4. The van der Waals surface area contributed by atoms with Crippen molar-refractivity contribution in [2.24, 2.45) is 5.41 Å². The highest BCUT2D eigenvalue weighted by molar-refractivity contribution is 6.08. The summed E-state index contributed by atoms with van der Waals surface area (Å²) in [5.41, 5.74) is -0.0337. The Kier molecular flexibility index (Phi) is 4.22. The molecule has 0 aliphatic carbocycles. The summed E-state index contributed by atoms with van der Waals surface area (Å²) in [6, 6.07) is 12.3. The van der Waals surface area contributed by atoms with Gasteiger partial charge in [0.2, 0.25) is 5.91 Å². The molecule has 1 amide bonds. The van der Waals surface area contributed by atoms with Crippen molar-refractivity contribution in [1.82, 2.24) is 0 Å². The van der Waals surface area contributed by atoms with Crippen molar-refractivity contribution in [2.75, 3.05) is 4.90 Å². The van der Waals surface area contributed by atoms with Crippen molar-refractivity contribution in [2.45, 2.75) is 33.7 Å². The van der Waals surface area contributed by atoms with Gasteiger partial charge in [-0.2, -0.15) is 0 Å². The van der Waals surface area contributed by atoms with E-state index in [0.717, 1.165) is 10.8 Å². The van der Waals surface area contributed by atoms with E-state index < -0.39 is 17.4 Å². The summed E-state index contributed by atoms with van der Waals surface area (Å²) in [6.45, 7) is 6.92. The van der Waals surface area contributed by atoms with Gasteiger partial charge in [-0.3, -0.25) is 9.69 Å². The Hall–Kier alpha value is -2.36. The van der Waals surface area contributed by atoms with Crippen LogP contribution in [0.2, 0.25) is 0 Å². The molecule has 0 aliphatic heterocycles. The Bertz CT molecular complexity index is 710. The lowest BCUT2D eigenvalue weighted by molar-refractivity contribution is -0.140. The summed E-state index contributed by atoms with van der Waals surface area (Å²) in [5, 5.41) is 11.3. The van der Waals surface area contributed by atoms with Crippen LogP contribution >= 0.6 is 0 Å². The maximum atomic E-state index is 12.8. The molecule has 116 valence electrons. The first-order valence-corrected chi connectivity index (χ1v) is 7.27. The molecule has 0 aliphatic rings. The van der Waals surface area contributed by atoms with Crippen molar-refractivity contribution < 1.29 is 14.7 Å². The zero-order chi connectivity index (χ0) is 16.5. The number of rotatable bonds is 3. The van der Waals surface area contributed by atoms with Crippen LogP contribution in [-0.4, -0.2) is 23.0 Å². The van der Waals surface area contributed by atoms with Crippen LogP contribution in [0, 0.1) is 5.41 Å². The van der Waals surface area contributed by atoms with Crippen LogP contribution in [0.15, 0.2) is 42.5 Å². The van der Waals surface area contributed by atoms with Gasteiger partial charge in [0.05, 0.1) is 5.69 Å². The van der Waals surface area contributed by atoms with Gasteiger partial charge in [0.1, 0.15) is 6.04 Å². The highest BCUT2D eigenvalue weighted by Gasteiger charge is 2.34. The summed E-state index contributed by atoms with van der Waals surface area (Å²) in [4.78, 5) is 25.7. The Morgan fingerprint density at radius 2 is 1.64 bits per heavy atom. The number of fused-ring (bicyclic) bond motifs is 1. The van der Waals surface area contributed by atoms with Crippen molar-refractivity contribution >= 4 is 28.3 Å². The van der Waals surface area contributed by atoms with E-state index in [0.29, 0.717) is 5.69 Å². The topological polar surface area (TPSA) is 57.6 Å². The van der Waals surface area contributed by atoms with Crippen LogP contribution in [0.1, 0.15) is 27.7 Å². The molecule has 0 unspecified atom stereocenters. The zero-order valence-electron chi connectivity index (χ0n) is 13.3. The standard InChI is InChI=1S/C18H21NO3/c1-12(16(20)21)19(17(22)18(2,3)4)15-11-7-9-13-8-5-6-10-14(13)15/h5-12H,1-4H3,(H,20,21)/t12-/m0/s1. The second-order valence-corrected chi connectivity index (χ2v) is 6.44. The van der Waals surface area contributed by atoms with Crippen molar-refractivity contribution in [3.05, 3.63) is 42.5 Å². The molecule has 0 spiro atoms. The maximum Gasteiger partial charge on any atom is 0.326 e. The normalized spacial score (nSPS) is 12.9. The first-order valence-electron chi connectivity index (χ1n) is 7.27. The van der Waals surface area contributed by atoms with E-state index in [2.05, 4.69) is 0 Å². The molecule has 0 heterocycles. The molecular weight excluding hydrogens is 278 g/mol. The van der Waals surface area contributed by atoms with Gasteiger partial charge < -0.3 is 5.11 Å². The SMILES string of the molecule is C[C@@H](C(=O)O)N(C(=O)C(C)(C)C)c1cccc2ccccc12. The van der Waals surface area contributed by atoms with E-state index in [4.69, 9.17) is 0 Å². The molecule has 22 heavy (non-hydrogen) atoms. The van der Waals surface area contributed by atoms with Gasteiger partial charge in [-0.05, 0) is 18.4 Å². The fourth-order valence-electron chi connectivity index (χ4n) is 2.38. The molecule has 0 radical (unpaired) electrons. The smallest absolute Gasteiger partial charge is 0.326 e. The van der Waals surface area contributed by atoms with E-state index in [1.54, 1.807) is 26.8 Å². The number of hydrogen-bond acceptors (Lipinski definition) is 2. The average molecular weight is 299 g/mol. The predicted molar refractivity (Wildman–Crippen MR) is 88.0 cm³/mol. The minimum absolute atomic E-state index is 0.209. The molecule has 2 aromatic rings. The number of amides is 1. The lowest BCUT2D eigenvalue weighted by Crippen LogP contribution is -2.48. The van der Waals surface area contributed by atoms with Gasteiger partial charge in [-0.25, -0.2) is 4.79 Å². The molecule has 0 bridgehead atoms. The molecule has 4 nitrogen and oxygen atoms in total. The molecule has 2 aromatic carbocycles. The lowest BCUT2D eigenvalue weighted by Gasteiger charge is -2.33. The number of anilines is 1. The third-order valence-corrected chi connectivity index (χ3v) is 3.63. The molecule has 0 aromatic heterocycles. The Labute approximate surface area is 130 Å². The van der Waals surface area contributed by atoms with Gasteiger partial charge in [-0.15, -0.1) is 0 Å². The van der Waals surface area contributed by atoms with Gasteiger partial charge >= 0.3 is 5.97 Å². The minimum Gasteiger partial charge on any atom is -0.480 e. The Morgan fingerprint density at radius 1 is 1.05 bits per heavy atom. The molecular formula is C18H21NO3. The number of carbonyl (C=O) groups excluding carboxylic acids is 1. The quantitative estimate of drug-likeness (QED) is 0.940. The number of hydrogen-bond donors (Lipinski definition) is 1. The summed E-state index contributed by atoms with van der Waals surface area (Å²) < 4.78 is 0. The van der Waals surface area contributed by atoms with E-state index in [1.165, 1.54) is 11.8 Å². The molecule has 1 atom stereocenters. The van der Waals surface area contributed by atoms with E-state index in [-0.39, 0.29) is 5.91 Å². The summed E-state index contributed by atoms with van der Waals surface area (Å²) in [7, 11) is 0. The second-order valence-electron chi connectivity index (χ2n) is 6.44. The Morgan fingerprint density at radius 3 is 2.23 bits per heavy atom. The predicted octanol–water partition coefficient (Wildman–Crippen LogP) is 3.69. The molecule has 2 rings (SSSR count). The maximum absolute atomic E-state index is 12.8. The van der Waals surface area contributed by atoms with Crippen LogP contribution in [0.4, 0.5) is 5.69 Å². The van der Waals surface area contributed by atoms with Crippen molar-refractivity contribution in [3.63, 3.8) is 0 Å². The van der Waals surface area contributed by atoms with E-state index in [9.17, 15) is 14.7 Å². The average Bonchev–Trinajstić information content (AvgIpc) is 2.46. The van der Waals surface area contributed by atoms with Crippen molar-refractivity contribution in [3.8, 4) is 0 Å². The number of benzene rings is 2. The summed E-state index contributed by atoms with van der Waals surface area (Å²) >= 11 is 0. The van der Waals surface area contributed by atoms with E-state index in [1.807, 2.05) is 36.4 Å². The summed E-state index contributed by atoms with van der Waals surface area (Å²) in [6.07, 6.45) is 0.